The van der Waals surface area contributed by atoms with Gasteiger partial charge in [0, 0.05) is 22.1 Å². The Morgan fingerprint density at radius 1 is 1.43 bits per heavy atom. The molecule has 0 aromatic heterocycles. The minimum atomic E-state index is 0.279. The van der Waals surface area contributed by atoms with Crippen molar-refractivity contribution in [1.29, 1.82) is 0 Å². The Morgan fingerprint density at radius 3 is 2.71 bits per heavy atom. The van der Waals surface area contributed by atoms with E-state index in [-0.39, 0.29) is 6.04 Å². The van der Waals surface area contributed by atoms with Crippen LogP contribution < -0.4 is 5.32 Å². The lowest BCUT2D eigenvalue weighted by molar-refractivity contribution is 0.128. The maximum atomic E-state index is 9.19. The van der Waals surface area contributed by atoms with Gasteiger partial charge in [0.1, 0.15) is 0 Å². The largest absolute Gasteiger partial charge is 0.396 e. The van der Waals surface area contributed by atoms with Gasteiger partial charge in [0.05, 0.1) is 0 Å². The van der Waals surface area contributed by atoms with E-state index in [2.05, 4.69) is 32.2 Å². The lowest BCUT2D eigenvalue weighted by Gasteiger charge is -2.32. The van der Waals surface area contributed by atoms with E-state index >= 15 is 0 Å². The summed E-state index contributed by atoms with van der Waals surface area (Å²) in [6.45, 7) is 3.59. The highest BCUT2D eigenvalue weighted by Crippen LogP contribution is 2.28. The molecule has 1 saturated heterocycles. The zero-order chi connectivity index (χ0) is 15.2. The van der Waals surface area contributed by atoms with Gasteiger partial charge in [-0.05, 0) is 69.6 Å². The van der Waals surface area contributed by atoms with Crippen LogP contribution in [0.4, 0.5) is 0 Å². The molecule has 0 spiro atoms. The highest BCUT2D eigenvalue weighted by atomic mass is 79.9. The fourth-order valence-corrected chi connectivity index (χ4v) is 3.75. The van der Waals surface area contributed by atoms with Crippen LogP contribution in [0.3, 0.4) is 0 Å². The van der Waals surface area contributed by atoms with Crippen molar-refractivity contribution in [3.63, 3.8) is 0 Å². The molecule has 1 aromatic rings. The third-order valence-electron chi connectivity index (χ3n) is 4.39. The number of aliphatic hydroxyl groups excluding tert-OH is 1. The number of hydrogen-bond donors (Lipinski definition) is 2. The van der Waals surface area contributed by atoms with Crippen LogP contribution in [0.5, 0.6) is 0 Å². The van der Waals surface area contributed by atoms with Crippen molar-refractivity contribution in [1.82, 2.24) is 10.2 Å². The van der Waals surface area contributed by atoms with E-state index in [0.29, 0.717) is 12.5 Å². The van der Waals surface area contributed by atoms with Gasteiger partial charge >= 0.3 is 0 Å². The number of likely N-dealkylation sites (tertiary alicyclic amines) is 1. The zero-order valence-corrected chi connectivity index (χ0v) is 14.8. The van der Waals surface area contributed by atoms with Crippen LogP contribution in [0.25, 0.3) is 0 Å². The van der Waals surface area contributed by atoms with Crippen LogP contribution in [-0.4, -0.2) is 43.3 Å². The fraction of sp³-hybridized carbons (Fsp3) is 0.625. The molecule has 1 heterocycles. The van der Waals surface area contributed by atoms with Gasteiger partial charge in [-0.1, -0.05) is 33.6 Å². The Balaban J connectivity index is 1.88. The predicted octanol–water partition coefficient (Wildman–Crippen LogP) is 3.46. The molecule has 0 aliphatic carbocycles. The topological polar surface area (TPSA) is 35.5 Å². The SMILES string of the molecule is CNC(CCN1CCC(CO)CC1)c1ccc(Br)cc1Cl. The summed E-state index contributed by atoms with van der Waals surface area (Å²) in [4.78, 5) is 2.49. The Labute approximate surface area is 140 Å². The van der Waals surface area contributed by atoms with Crippen molar-refractivity contribution in [3.05, 3.63) is 33.3 Å². The predicted molar refractivity (Wildman–Crippen MR) is 91.8 cm³/mol. The number of halogens is 2. The first-order valence-corrected chi connectivity index (χ1v) is 8.76. The van der Waals surface area contributed by atoms with Crippen LogP contribution >= 0.6 is 27.5 Å². The monoisotopic (exact) mass is 374 g/mol. The van der Waals surface area contributed by atoms with Gasteiger partial charge in [-0.15, -0.1) is 0 Å². The second kappa shape index (κ2) is 8.49. The minimum Gasteiger partial charge on any atom is -0.396 e. The molecule has 1 fully saturated rings. The molecular formula is C16H24BrClN2O. The second-order valence-corrected chi connectivity index (χ2v) is 7.09. The van der Waals surface area contributed by atoms with Gasteiger partial charge in [0.2, 0.25) is 0 Å². The van der Waals surface area contributed by atoms with E-state index in [1.807, 2.05) is 19.2 Å². The molecule has 1 aliphatic rings. The zero-order valence-electron chi connectivity index (χ0n) is 12.5. The van der Waals surface area contributed by atoms with Crippen LogP contribution in [0.2, 0.25) is 5.02 Å². The average Bonchev–Trinajstić information content (AvgIpc) is 2.50. The van der Waals surface area contributed by atoms with Gasteiger partial charge in [0.25, 0.3) is 0 Å². The van der Waals surface area contributed by atoms with E-state index in [9.17, 15) is 5.11 Å². The maximum Gasteiger partial charge on any atom is 0.0465 e. The quantitative estimate of drug-likeness (QED) is 0.799. The smallest absolute Gasteiger partial charge is 0.0465 e. The first-order valence-electron chi connectivity index (χ1n) is 7.59. The fourth-order valence-electron chi connectivity index (χ4n) is 2.94. The third kappa shape index (κ3) is 4.93. The summed E-state index contributed by atoms with van der Waals surface area (Å²) in [7, 11) is 1.99. The number of piperidine rings is 1. The first-order chi connectivity index (χ1) is 10.1. The molecule has 1 aliphatic heterocycles. The second-order valence-electron chi connectivity index (χ2n) is 5.76. The molecule has 21 heavy (non-hydrogen) atoms. The Hall–Kier alpha value is -0.130. The average molecular weight is 376 g/mol. The molecule has 2 rings (SSSR count). The standard InChI is InChI=1S/C16H24BrClN2O/c1-19-16(14-3-2-13(17)10-15(14)18)6-9-20-7-4-12(11-21)5-8-20/h2-3,10,12,16,19,21H,4-9,11H2,1H3. The van der Waals surface area contributed by atoms with E-state index < -0.39 is 0 Å². The highest BCUT2D eigenvalue weighted by Gasteiger charge is 2.20. The molecule has 1 aromatic carbocycles. The lowest BCUT2D eigenvalue weighted by atomic mass is 9.97. The Kier molecular flexibility index (Phi) is 6.96. The molecule has 0 bridgehead atoms. The van der Waals surface area contributed by atoms with Crippen LogP contribution in [-0.2, 0) is 0 Å². The van der Waals surface area contributed by atoms with Gasteiger partial charge in [-0.3, -0.25) is 0 Å². The van der Waals surface area contributed by atoms with Gasteiger partial charge in [0.15, 0.2) is 0 Å². The number of hydrogen-bond acceptors (Lipinski definition) is 3. The highest BCUT2D eigenvalue weighted by molar-refractivity contribution is 9.10. The summed E-state index contributed by atoms with van der Waals surface area (Å²) in [5.74, 6) is 0.502. The minimum absolute atomic E-state index is 0.279. The van der Waals surface area contributed by atoms with Crippen molar-refractivity contribution in [3.8, 4) is 0 Å². The summed E-state index contributed by atoms with van der Waals surface area (Å²) in [6, 6.07) is 6.36. The molecule has 1 atom stereocenters. The molecular weight excluding hydrogens is 352 g/mol. The van der Waals surface area contributed by atoms with Crippen molar-refractivity contribution in [2.45, 2.75) is 25.3 Å². The molecule has 118 valence electrons. The van der Waals surface area contributed by atoms with E-state index in [1.54, 1.807) is 0 Å². The van der Waals surface area contributed by atoms with Crippen molar-refractivity contribution < 1.29 is 5.11 Å². The van der Waals surface area contributed by atoms with Gasteiger partial charge in [-0.2, -0.15) is 0 Å². The van der Waals surface area contributed by atoms with Crippen LogP contribution in [0.1, 0.15) is 30.9 Å². The Bertz CT molecular complexity index is 450. The summed E-state index contributed by atoms with van der Waals surface area (Å²) >= 11 is 9.80. The molecule has 3 nitrogen and oxygen atoms in total. The molecule has 0 radical (unpaired) electrons. The Morgan fingerprint density at radius 2 is 2.14 bits per heavy atom. The molecule has 5 heteroatoms. The summed E-state index contributed by atoms with van der Waals surface area (Å²) < 4.78 is 1.01. The molecule has 2 N–H and O–H groups in total. The van der Waals surface area contributed by atoms with Gasteiger partial charge in [-0.25, -0.2) is 0 Å². The number of aliphatic hydroxyl groups is 1. The van der Waals surface area contributed by atoms with E-state index in [1.165, 1.54) is 0 Å². The van der Waals surface area contributed by atoms with Crippen LogP contribution in [0, 0.1) is 5.92 Å². The van der Waals surface area contributed by atoms with Crippen molar-refractivity contribution in [2.75, 3.05) is 33.3 Å². The normalized spacial score (nSPS) is 18.9. The number of nitrogens with zero attached hydrogens (tertiary/aromatic N) is 1. The first kappa shape index (κ1) is 17.2. The summed E-state index contributed by atoms with van der Waals surface area (Å²) in [5, 5.41) is 13.4. The molecule has 0 saturated carbocycles. The van der Waals surface area contributed by atoms with Gasteiger partial charge < -0.3 is 15.3 Å². The molecule has 1 unspecified atom stereocenters. The van der Waals surface area contributed by atoms with Crippen molar-refractivity contribution in [2.24, 2.45) is 5.92 Å². The summed E-state index contributed by atoms with van der Waals surface area (Å²) in [6.07, 6.45) is 3.27. The molecule has 0 amide bonds. The lowest BCUT2D eigenvalue weighted by Crippen LogP contribution is -2.36. The number of benzene rings is 1. The van der Waals surface area contributed by atoms with Crippen molar-refractivity contribution >= 4 is 27.5 Å². The number of rotatable bonds is 6. The maximum absolute atomic E-state index is 9.19. The van der Waals surface area contributed by atoms with E-state index in [4.69, 9.17) is 11.6 Å². The van der Waals surface area contributed by atoms with Crippen LogP contribution in [0.15, 0.2) is 22.7 Å². The number of nitrogens with one attached hydrogen (secondary N) is 1. The van der Waals surface area contributed by atoms with E-state index in [0.717, 1.165) is 54.0 Å². The third-order valence-corrected chi connectivity index (χ3v) is 5.21. The summed E-state index contributed by atoms with van der Waals surface area (Å²) in [5.41, 5.74) is 1.16.